The van der Waals surface area contributed by atoms with Gasteiger partial charge in [-0.05, 0) is 26.0 Å². The van der Waals surface area contributed by atoms with Gasteiger partial charge in [0.15, 0.2) is 0 Å². The van der Waals surface area contributed by atoms with Crippen LogP contribution >= 0.6 is 0 Å². The minimum Gasteiger partial charge on any atom is -0.394 e. The summed E-state index contributed by atoms with van der Waals surface area (Å²) in [5, 5.41) is 13.1. The molecule has 0 saturated heterocycles. The Morgan fingerprint density at radius 1 is 1.26 bits per heavy atom. The summed E-state index contributed by atoms with van der Waals surface area (Å²) in [6.45, 7) is 2.63. The lowest BCUT2D eigenvalue weighted by Gasteiger charge is -2.22. The Labute approximate surface area is 108 Å². The lowest BCUT2D eigenvalue weighted by molar-refractivity contribution is -0.137. The summed E-state index contributed by atoms with van der Waals surface area (Å²) >= 11 is 0. The van der Waals surface area contributed by atoms with Crippen molar-refractivity contribution in [3.05, 3.63) is 29.8 Å². The molecular weight excluding hydrogens is 258 g/mol. The Morgan fingerprint density at radius 3 is 2.47 bits per heavy atom. The Kier molecular flexibility index (Phi) is 4.55. The summed E-state index contributed by atoms with van der Waals surface area (Å²) in [5.41, 5.74) is -1.42. The first-order valence-electron chi connectivity index (χ1n) is 5.44. The molecule has 0 fully saturated rings. The minimum absolute atomic E-state index is 0.375. The Hall–Kier alpha value is -2.02. The average Bonchev–Trinajstić information content (AvgIpc) is 2.33. The van der Waals surface area contributed by atoms with Crippen LogP contribution in [0.15, 0.2) is 18.2 Å². The lowest BCUT2D eigenvalue weighted by Crippen LogP contribution is -2.50. The fraction of sp³-hybridized carbons (Fsp3) is 0.333. The van der Waals surface area contributed by atoms with E-state index >= 15 is 0 Å². The van der Waals surface area contributed by atoms with Gasteiger partial charge in [0.2, 0.25) is 0 Å². The molecule has 0 aliphatic heterocycles. The second kappa shape index (κ2) is 5.75. The van der Waals surface area contributed by atoms with E-state index in [-0.39, 0.29) is 6.61 Å². The fourth-order valence-electron chi connectivity index (χ4n) is 1.18. The lowest BCUT2D eigenvalue weighted by atomic mass is 10.1. The monoisotopic (exact) mass is 272 g/mol. The third-order valence-corrected chi connectivity index (χ3v) is 2.23. The molecule has 1 rings (SSSR count). The largest absolute Gasteiger partial charge is 0.394 e. The fourth-order valence-corrected chi connectivity index (χ4v) is 1.18. The highest BCUT2D eigenvalue weighted by molar-refractivity contribution is 6.39. The molecule has 2 amide bonds. The van der Waals surface area contributed by atoms with Gasteiger partial charge in [-0.25, -0.2) is 8.78 Å². The summed E-state index contributed by atoms with van der Waals surface area (Å²) < 4.78 is 26.1. The van der Waals surface area contributed by atoms with E-state index in [1.807, 2.05) is 5.32 Å². The van der Waals surface area contributed by atoms with Gasteiger partial charge in [-0.3, -0.25) is 9.59 Å². The van der Waals surface area contributed by atoms with Crippen molar-refractivity contribution in [2.24, 2.45) is 0 Å². The van der Waals surface area contributed by atoms with Crippen LogP contribution in [0, 0.1) is 11.6 Å². The highest BCUT2D eigenvalue weighted by Gasteiger charge is 2.24. The number of benzene rings is 1. The van der Waals surface area contributed by atoms with Gasteiger partial charge in [0.1, 0.15) is 11.6 Å². The molecular formula is C12H14F2N2O3. The van der Waals surface area contributed by atoms with Crippen molar-refractivity contribution in [3.63, 3.8) is 0 Å². The van der Waals surface area contributed by atoms with Crippen LogP contribution < -0.4 is 10.6 Å². The number of halogens is 2. The summed E-state index contributed by atoms with van der Waals surface area (Å²) in [7, 11) is 0. The summed E-state index contributed by atoms with van der Waals surface area (Å²) in [6, 6.07) is 2.48. The van der Waals surface area contributed by atoms with E-state index in [9.17, 15) is 18.4 Å². The van der Waals surface area contributed by atoms with Crippen LogP contribution in [0.5, 0.6) is 0 Å². The molecule has 104 valence electrons. The highest BCUT2D eigenvalue weighted by atomic mass is 19.1. The second-order valence-electron chi connectivity index (χ2n) is 4.57. The number of carbonyl (C=O) groups excluding carboxylic acids is 2. The summed E-state index contributed by atoms with van der Waals surface area (Å²) in [5.74, 6) is -3.80. The Bertz CT molecular complexity index is 504. The van der Waals surface area contributed by atoms with Gasteiger partial charge in [-0.15, -0.1) is 0 Å². The number of anilines is 1. The van der Waals surface area contributed by atoms with Crippen LogP contribution in [0.25, 0.3) is 0 Å². The number of hydrogen-bond acceptors (Lipinski definition) is 3. The van der Waals surface area contributed by atoms with Gasteiger partial charge in [0, 0.05) is 6.07 Å². The average molecular weight is 272 g/mol. The zero-order valence-corrected chi connectivity index (χ0v) is 10.5. The number of hydrogen-bond donors (Lipinski definition) is 3. The van der Waals surface area contributed by atoms with Crippen molar-refractivity contribution in [2.45, 2.75) is 19.4 Å². The molecule has 0 bridgehead atoms. The number of aliphatic hydroxyl groups is 1. The number of aliphatic hydroxyl groups excluding tert-OH is 1. The maximum Gasteiger partial charge on any atom is 0.313 e. The topological polar surface area (TPSA) is 78.4 Å². The molecule has 0 aliphatic rings. The van der Waals surface area contributed by atoms with Crippen molar-refractivity contribution in [3.8, 4) is 0 Å². The van der Waals surface area contributed by atoms with Crippen LogP contribution in [-0.4, -0.2) is 29.1 Å². The summed E-state index contributed by atoms with van der Waals surface area (Å²) in [4.78, 5) is 22.9. The van der Waals surface area contributed by atoms with E-state index in [0.717, 1.165) is 18.2 Å². The maximum atomic E-state index is 13.2. The molecule has 0 atom stereocenters. The molecule has 0 heterocycles. The van der Waals surface area contributed by atoms with Crippen molar-refractivity contribution in [1.29, 1.82) is 0 Å². The third-order valence-electron chi connectivity index (χ3n) is 2.23. The summed E-state index contributed by atoms with van der Waals surface area (Å²) in [6.07, 6.45) is 0. The molecule has 1 aromatic carbocycles. The number of carbonyl (C=O) groups is 2. The SMILES string of the molecule is CC(C)(CO)NC(=O)C(=O)Nc1cc(F)ccc1F. The number of amides is 2. The molecule has 0 aliphatic carbocycles. The van der Waals surface area contributed by atoms with E-state index in [1.54, 1.807) is 0 Å². The third kappa shape index (κ3) is 4.29. The quantitative estimate of drug-likeness (QED) is 0.712. The van der Waals surface area contributed by atoms with E-state index in [4.69, 9.17) is 5.11 Å². The molecule has 0 radical (unpaired) electrons. The van der Waals surface area contributed by atoms with Gasteiger partial charge in [0.25, 0.3) is 0 Å². The van der Waals surface area contributed by atoms with Crippen molar-refractivity contribution in [2.75, 3.05) is 11.9 Å². The van der Waals surface area contributed by atoms with Crippen molar-refractivity contribution in [1.82, 2.24) is 5.32 Å². The van der Waals surface area contributed by atoms with E-state index in [1.165, 1.54) is 13.8 Å². The standard InChI is InChI=1S/C12H14F2N2O3/c1-12(2,6-17)16-11(19)10(18)15-9-5-7(13)3-4-8(9)14/h3-5,17H,6H2,1-2H3,(H,15,18)(H,16,19). The van der Waals surface area contributed by atoms with Gasteiger partial charge >= 0.3 is 11.8 Å². The van der Waals surface area contributed by atoms with E-state index in [0.29, 0.717) is 0 Å². The number of rotatable bonds is 3. The molecule has 7 heteroatoms. The zero-order valence-electron chi connectivity index (χ0n) is 10.5. The van der Waals surface area contributed by atoms with Crippen LogP contribution in [0.2, 0.25) is 0 Å². The molecule has 19 heavy (non-hydrogen) atoms. The van der Waals surface area contributed by atoms with Gasteiger partial charge in [-0.2, -0.15) is 0 Å². The second-order valence-corrected chi connectivity index (χ2v) is 4.57. The minimum atomic E-state index is -1.15. The van der Waals surface area contributed by atoms with E-state index in [2.05, 4.69) is 5.32 Å². The molecule has 3 N–H and O–H groups in total. The van der Waals surface area contributed by atoms with Gasteiger partial charge in [-0.1, -0.05) is 0 Å². The Morgan fingerprint density at radius 2 is 1.89 bits per heavy atom. The van der Waals surface area contributed by atoms with Crippen molar-refractivity contribution < 1.29 is 23.5 Å². The Balaban J connectivity index is 2.74. The molecule has 0 aromatic heterocycles. The molecule has 0 spiro atoms. The van der Waals surface area contributed by atoms with Crippen LogP contribution in [0.3, 0.4) is 0 Å². The normalized spacial score (nSPS) is 11.0. The smallest absolute Gasteiger partial charge is 0.313 e. The van der Waals surface area contributed by atoms with Crippen LogP contribution in [0.4, 0.5) is 14.5 Å². The van der Waals surface area contributed by atoms with Crippen LogP contribution in [-0.2, 0) is 9.59 Å². The maximum absolute atomic E-state index is 13.2. The predicted octanol–water partition coefficient (Wildman–Crippen LogP) is 0.790. The van der Waals surface area contributed by atoms with E-state index < -0.39 is 34.7 Å². The molecule has 0 unspecified atom stereocenters. The molecule has 0 saturated carbocycles. The zero-order chi connectivity index (χ0) is 14.6. The van der Waals surface area contributed by atoms with Crippen LogP contribution in [0.1, 0.15) is 13.8 Å². The first kappa shape index (κ1) is 15.0. The first-order valence-corrected chi connectivity index (χ1v) is 5.44. The predicted molar refractivity (Wildman–Crippen MR) is 64.3 cm³/mol. The van der Waals surface area contributed by atoms with Crippen molar-refractivity contribution >= 4 is 17.5 Å². The first-order chi connectivity index (χ1) is 8.75. The molecule has 5 nitrogen and oxygen atoms in total. The van der Waals surface area contributed by atoms with Gasteiger partial charge < -0.3 is 15.7 Å². The number of nitrogens with one attached hydrogen (secondary N) is 2. The molecule has 1 aromatic rings. The van der Waals surface area contributed by atoms with Gasteiger partial charge in [0.05, 0.1) is 17.8 Å². The highest BCUT2D eigenvalue weighted by Crippen LogP contribution is 2.15.